The molecule has 1 unspecified atom stereocenters. The number of amides is 1. The maximum Gasteiger partial charge on any atom is 0.301 e. The first-order valence-electron chi connectivity index (χ1n) is 10.8. The van der Waals surface area contributed by atoms with Crippen LogP contribution >= 0.6 is 23.1 Å². The molecule has 36 heavy (non-hydrogen) atoms. The molecule has 1 aliphatic rings. The molecule has 180 valence electrons. The van der Waals surface area contributed by atoms with Gasteiger partial charge in [-0.15, -0.1) is 10.2 Å². The van der Waals surface area contributed by atoms with Crippen LogP contribution in [0.5, 0.6) is 0 Å². The lowest BCUT2D eigenvalue weighted by atomic mass is 9.95. The Bertz CT molecular complexity index is 1470. The first kappa shape index (κ1) is 23.8. The van der Waals surface area contributed by atoms with Crippen molar-refractivity contribution in [1.29, 1.82) is 0 Å². The smallest absolute Gasteiger partial charge is 0.301 e. The number of thioether (sulfide) groups is 1. The number of rotatable bonds is 6. The van der Waals surface area contributed by atoms with Gasteiger partial charge in [-0.3, -0.25) is 14.5 Å². The van der Waals surface area contributed by atoms with E-state index in [1.165, 1.54) is 34.9 Å². The van der Waals surface area contributed by atoms with Gasteiger partial charge in [0, 0.05) is 11.3 Å². The first-order valence-corrected chi connectivity index (χ1v) is 12.6. The fourth-order valence-corrected chi connectivity index (χ4v) is 5.71. The van der Waals surface area contributed by atoms with Gasteiger partial charge >= 0.3 is 5.91 Å². The largest absolute Gasteiger partial charge is 0.507 e. The van der Waals surface area contributed by atoms with E-state index in [0.29, 0.717) is 21.2 Å². The van der Waals surface area contributed by atoms with Gasteiger partial charge in [-0.2, -0.15) is 0 Å². The van der Waals surface area contributed by atoms with Crippen molar-refractivity contribution in [2.24, 2.45) is 0 Å². The summed E-state index contributed by atoms with van der Waals surface area (Å²) in [4.78, 5) is 27.5. The fraction of sp³-hybridized carbons (Fsp3) is 0.0769. The lowest BCUT2D eigenvalue weighted by Gasteiger charge is -2.22. The Morgan fingerprint density at radius 2 is 1.64 bits per heavy atom. The van der Waals surface area contributed by atoms with Gasteiger partial charge in [-0.25, -0.2) is 8.78 Å². The van der Waals surface area contributed by atoms with Crippen LogP contribution in [0.2, 0.25) is 0 Å². The van der Waals surface area contributed by atoms with Crippen molar-refractivity contribution in [3.63, 3.8) is 0 Å². The van der Waals surface area contributed by atoms with Crippen LogP contribution in [-0.2, 0) is 15.3 Å². The van der Waals surface area contributed by atoms with E-state index < -0.39 is 29.3 Å². The summed E-state index contributed by atoms with van der Waals surface area (Å²) >= 11 is 2.35. The Balaban J connectivity index is 1.53. The third kappa shape index (κ3) is 4.52. The average Bonchev–Trinajstić information content (AvgIpc) is 3.46. The van der Waals surface area contributed by atoms with E-state index in [9.17, 15) is 23.5 Å². The van der Waals surface area contributed by atoms with Crippen LogP contribution in [0, 0.1) is 11.6 Å². The van der Waals surface area contributed by atoms with E-state index >= 15 is 0 Å². The molecular weight excluding hydrogens is 504 g/mol. The number of halogens is 2. The number of aliphatic hydroxyl groups excluding tert-OH is 1. The number of anilines is 1. The summed E-state index contributed by atoms with van der Waals surface area (Å²) in [6, 6.07) is 19.2. The summed E-state index contributed by atoms with van der Waals surface area (Å²) in [5, 5.41) is 19.4. The molecule has 1 atom stereocenters. The van der Waals surface area contributed by atoms with Crippen LogP contribution in [0.15, 0.2) is 88.8 Å². The molecular formula is C26H17F2N3O3S2. The van der Waals surface area contributed by atoms with Gasteiger partial charge in [0.25, 0.3) is 5.78 Å². The van der Waals surface area contributed by atoms with Crippen LogP contribution < -0.4 is 4.90 Å². The molecule has 5 rings (SSSR count). The number of hydrogen-bond donors (Lipinski definition) is 1. The monoisotopic (exact) mass is 521 g/mol. The Kier molecular flexibility index (Phi) is 6.62. The lowest BCUT2D eigenvalue weighted by molar-refractivity contribution is -0.132. The van der Waals surface area contributed by atoms with Crippen molar-refractivity contribution in [3.8, 4) is 0 Å². The molecule has 4 aromatic rings. The number of aromatic nitrogens is 2. The molecule has 1 aliphatic heterocycles. The third-order valence-electron chi connectivity index (χ3n) is 5.59. The number of ketones is 1. The lowest BCUT2D eigenvalue weighted by Crippen LogP contribution is -2.29. The highest BCUT2D eigenvalue weighted by molar-refractivity contribution is 8.00. The summed E-state index contributed by atoms with van der Waals surface area (Å²) in [7, 11) is 0. The minimum absolute atomic E-state index is 0.131. The highest BCUT2D eigenvalue weighted by atomic mass is 32.2. The number of hydrogen-bond acceptors (Lipinski definition) is 7. The number of carbonyl (C=O) groups is 2. The average molecular weight is 522 g/mol. The van der Waals surface area contributed by atoms with Crippen molar-refractivity contribution >= 4 is 45.7 Å². The van der Waals surface area contributed by atoms with Crippen LogP contribution in [0.4, 0.5) is 13.9 Å². The molecule has 2 heterocycles. The molecule has 0 bridgehead atoms. The van der Waals surface area contributed by atoms with E-state index in [2.05, 4.69) is 10.2 Å². The van der Waals surface area contributed by atoms with E-state index in [1.54, 1.807) is 48.5 Å². The van der Waals surface area contributed by atoms with Crippen molar-refractivity contribution < 1.29 is 23.5 Å². The minimum atomic E-state index is -0.964. The normalized spacial score (nSPS) is 17.1. The van der Waals surface area contributed by atoms with Crippen molar-refractivity contribution in [3.05, 3.63) is 113 Å². The van der Waals surface area contributed by atoms with E-state index in [1.807, 2.05) is 0 Å². The molecule has 6 nitrogen and oxygen atoms in total. The fourth-order valence-electron chi connectivity index (χ4n) is 3.86. The number of carbonyl (C=O) groups excluding carboxylic acids is 2. The van der Waals surface area contributed by atoms with Gasteiger partial charge in [-0.05, 0) is 41.5 Å². The SMILES string of the molecule is O=C1C(=O)N(c2nnc(SCc3ccccc3F)s2)C(c2ccccc2)/C1=C(/O)c1ccc(F)cc1. The second-order valence-electron chi connectivity index (χ2n) is 7.82. The van der Waals surface area contributed by atoms with Gasteiger partial charge in [0.15, 0.2) is 4.34 Å². The topological polar surface area (TPSA) is 83.4 Å². The Morgan fingerprint density at radius 3 is 2.36 bits per heavy atom. The summed E-state index contributed by atoms with van der Waals surface area (Å²) < 4.78 is 27.9. The van der Waals surface area contributed by atoms with Crippen molar-refractivity contribution in [2.75, 3.05) is 4.90 Å². The molecule has 0 radical (unpaired) electrons. The zero-order valence-corrected chi connectivity index (χ0v) is 20.1. The maximum absolute atomic E-state index is 14.0. The predicted octanol–water partition coefficient (Wildman–Crippen LogP) is 5.73. The molecule has 0 saturated carbocycles. The highest BCUT2D eigenvalue weighted by Gasteiger charge is 2.48. The molecule has 1 aromatic heterocycles. The number of Topliss-reactive ketones (excluding diaryl/α,β-unsaturated/α-hetero) is 1. The molecule has 3 aromatic carbocycles. The molecule has 1 N–H and O–H groups in total. The third-order valence-corrected chi connectivity index (χ3v) is 7.69. The van der Waals surface area contributed by atoms with Gasteiger partial charge in [-0.1, -0.05) is 71.6 Å². The summed E-state index contributed by atoms with van der Waals surface area (Å²) in [6.07, 6.45) is 0. The molecule has 1 fully saturated rings. The molecule has 1 saturated heterocycles. The van der Waals surface area contributed by atoms with Crippen LogP contribution in [0.3, 0.4) is 0 Å². The Labute approximate surface area is 212 Å². The maximum atomic E-state index is 14.0. The first-order chi connectivity index (χ1) is 17.4. The van der Waals surface area contributed by atoms with Crippen LogP contribution in [0.25, 0.3) is 5.76 Å². The van der Waals surface area contributed by atoms with E-state index in [4.69, 9.17) is 0 Å². The minimum Gasteiger partial charge on any atom is -0.507 e. The zero-order valence-electron chi connectivity index (χ0n) is 18.5. The number of nitrogens with zero attached hydrogens (tertiary/aromatic N) is 3. The summed E-state index contributed by atoms with van der Waals surface area (Å²) in [6.45, 7) is 0. The quantitative estimate of drug-likeness (QED) is 0.115. The van der Waals surface area contributed by atoms with E-state index in [-0.39, 0.29) is 22.1 Å². The molecule has 0 aliphatic carbocycles. The molecule has 0 spiro atoms. The van der Waals surface area contributed by atoms with E-state index in [0.717, 1.165) is 23.5 Å². The van der Waals surface area contributed by atoms with Gasteiger partial charge in [0.2, 0.25) is 5.13 Å². The van der Waals surface area contributed by atoms with Gasteiger partial charge in [0.05, 0.1) is 11.6 Å². The highest BCUT2D eigenvalue weighted by Crippen LogP contribution is 2.44. The standard InChI is InChI=1S/C26H17F2N3O3S2/c27-18-12-10-16(11-13-18)22(32)20-21(15-6-2-1-3-7-15)31(24(34)23(20)33)25-29-30-26(36-25)35-14-17-8-4-5-9-19(17)28/h1-13,21,32H,14H2/b22-20-. The molecule has 1 amide bonds. The molecule has 10 heteroatoms. The second kappa shape index (κ2) is 10.00. The second-order valence-corrected chi connectivity index (χ2v) is 10.00. The van der Waals surface area contributed by atoms with Gasteiger partial charge < -0.3 is 5.11 Å². The Hall–Kier alpha value is -3.89. The zero-order chi connectivity index (χ0) is 25.2. The predicted molar refractivity (Wildman–Crippen MR) is 133 cm³/mol. The van der Waals surface area contributed by atoms with Crippen LogP contribution in [-0.4, -0.2) is 27.0 Å². The number of benzene rings is 3. The Morgan fingerprint density at radius 1 is 0.944 bits per heavy atom. The summed E-state index contributed by atoms with van der Waals surface area (Å²) in [5.74, 6) is -2.68. The summed E-state index contributed by atoms with van der Waals surface area (Å²) in [5.41, 5.74) is 1.15. The van der Waals surface area contributed by atoms with Crippen LogP contribution in [0.1, 0.15) is 22.7 Å². The number of aliphatic hydroxyl groups is 1. The van der Waals surface area contributed by atoms with Crippen molar-refractivity contribution in [1.82, 2.24) is 10.2 Å². The van der Waals surface area contributed by atoms with Crippen molar-refractivity contribution in [2.45, 2.75) is 16.1 Å². The van der Waals surface area contributed by atoms with Gasteiger partial charge in [0.1, 0.15) is 17.4 Å².